The van der Waals surface area contributed by atoms with Crippen molar-refractivity contribution in [3.05, 3.63) is 95.1 Å². The summed E-state index contributed by atoms with van der Waals surface area (Å²) < 4.78 is 5.75. The van der Waals surface area contributed by atoms with Gasteiger partial charge in [0.05, 0.1) is 18.2 Å². The molecule has 0 aromatic heterocycles. The molecule has 0 saturated carbocycles. The van der Waals surface area contributed by atoms with Gasteiger partial charge in [0, 0.05) is 23.9 Å². The second kappa shape index (κ2) is 11.4. The number of aliphatic hydroxyl groups is 1. The Bertz CT molecular complexity index is 1450. The largest absolute Gasteiger partial charge is 0.507 e. The molecule has 2 N–H and O–H groups in total. The van der Waals surface area contributed by atoms with Gasteiger partial charge in [-0.05, 0) is 64.9 Å². The zero-order valence-electron chi connectivity index (χ0n) is 23.8. The fourth-order valence-electron chi connectivity index (χ4n) is 4.64. The third-order valence-electron chi connectivity index (χ3n) is 6.69. The number of amides is 2. The van der Waals surface area contributed by atoms with Gasteiger partial charge in [-0.15, -0.1) is 0 Å². The topological polar surface area (TPSA) is 95.9 Å². The zero-order chi connectivity index (χ0) is 29.2. The van der Waals surface area contributed by atoms with E-state index in [1.807, 2.05) is 24.3 Å². The highest BCUT2D eigenvalue weighted by atomic mass is 16.5. The van der Waals surface area contributed by atoms with E-state index in [2.05, 4.69) is 39.9 Å². The van der Waals surface area contributed by atoms with Crippen molar-refractivity contribution in [3.8, 4) is 5.75 Å². The van der Waals surface area contributed by atoms with Crippen molar-refractivity contribution < 1.29 is 24.2 Å². The van der Waals surface area contributed by atoms with Crippen LogP contribution in [0.25, 0.3) is 5.76 Å². The molecule has 0 bridgehead atoms. The number of nitrogens with zero attached hydrogens (tertiary/aromatic N) is 1. The quantitative estimate of drug-likeness (QED) is 0.200. The Morgan fingerprint density at radius 3 is 2.23 bits per heavy atom. The van der Waals surface area contributed by atoms with E-state index >= 15 is 0 Å². The van der Waals surface area contributed by atoms with E-state index in [9.17, 15) is 19.5 Å². The van der Waals surface area contributed by atoms with E-state index in [0.717, 1.165) is 5.56 Å². The Morgan fingerprint density at radius 1 is 1.00 bits per heavy atom. The monoisotopic (exact) mass is 540 g/mol. The Morgan fingerprint density at radius 2 is 1.65 bits per heavy atom. The van der Waals surface area contributed by atoms with E-state index < -0.39 is 17.7 Å². The molecule has 1 atom stereocenters. The molecule has 1 heterocycles. The van der Waals surface area contributed by atoms with Crippen LogP contribution in [-0.4, -0.2) is 29.3 Å². The van der Waals surface area contributed by atoms with Crippen LogP contribution < -0.4 is 15.0 Å². The normalized spacial score (nSPS) is 16.9. The SMILES string of the molecule is CC(=O)Nc1cccc(N2C(=O)C(=O)/C(=C(/O)c3ccc(OCC(C)C)cc3)C2c2ccc(C(C)(C)C)cc2)c1. The average Bonchev–Trinajstić information content (AvgIpc) is 3.17. The summed E-state index contributed by atoms with van der Waals surface area (Å²) in [6, 6.07) is 20.4. The van der Waals surface area contributed by atoms with Crippen LogP contribution in [0.2, 0.25) is 0 Å². The van der Waals surface area contributed by atoms with Gasteiger partial charge in [0.1, 0.15) is 11.5 Å². The lowest BCUT2D eigenvalue weighted by Crippen LogP contribution is -2.29. The summed E-state index contributed by atoms with van der Waals surface area (Å²) in [6.45, 7) is 12.4. The third kappa shape index (κ3) is 6.09. The Labute approximate surface area is 235 Å². The number of ether oxygens (including phenoxy) is 1. The number of Topliss-reactive ketones (excluding diaryl/α,β-unsaturated/α-hetero) is 1. The molecule has 0 radical (unpaired) electrons. The molecule has 2 amide bonds. The maximum absolute atomic E-state index is 13.5. The highest BCUT2D eigenvalue weighted by molar-refractivity contribution is 6.51. The van der Waals surface area contributed by atoms with Gasteiger partial charge < -0.3 is 15.2 Å². The van der Waals surface area contributed by atoms with Gasteiger partial charge in [-0.2, -0.15) is 0 Å². The molecular weight excluding hydrogens is 504 g/mol. The van der Waals surface area contributed by atoms with Gasteiger partial charge in [0.15, 0.2) is 0 Å². The predicted molar refractivity (Wildman–Crippen MR) is 157 cm³/mol. The van der Waals surface area contributed by atoms with Gasteiger partial charge in [-0.1, -0.05) is 65.0 Å². The highest BCUT2D eigenvalue weighted by Crippen LogP contribution is 2.43. The van der Waals surface area contributed by atoms with E-state index in [-0.39, 0.29) is 22.7 Å². The number of anilines is 2. The van der Waals surface area contributed by atoms with E-state index in [1.54, 1.807) is 48.5 Å². The van der Waals surface area contributed by atoms with Gasteiger partial charge in [0.2, 0.25) is 5.91 Å². The van der Waals surface area contributed by atoms with Crippen LogP contribution in [0.4, 0.5) is 11.4 Å². The summed E-state index contributed by atoms with van der Waals surface area (Å²) in [5.41, 5.74) is 2.99. The summed E-state index contributed by atoms with van der Waals surface area (Å²) in [7, 11) is 0. The molecule has 1 aliphatic heterocycles. The number of ketones is 1. The lowest BCUT2D eigenvalue weighted by Gasteiger charge is -2.27. The molecule has 4 rings (SSSR count). The summed E-state index contributed by atoms with van der Waals surface area (Å²) in [5.74, 6) is -1.06. The third-order valence-corrected chi connectivity index (χ3v) is 6.69. The number of hydrogen-bond donors (Lipinski definition) is 2. The Kier molecular flexibility index (Phi) is 8.14. The summed E-state index contributed by atoms with van der Waals surface area (Å²) >= 11 is 0. The van der Waals surface area contributed by atoms with Crippen LogP contribution in [-0.2, 0) is 19.8 Å². The zero-order valence-corrected chi connectivity index (χ0v) is 23.8. The number of carbonyl (C=O) groups is 3. The number of benzene rings is 3. The molecule has 0 spiro atoms. The van der Waals surface area contributed by atoms with Crippen LogP contribution in [0.15, 0.2) is 78.4 Å². The molecular formula is C33H36N2O5. The predicted octanol–water partition coefficient (Wildman–Crippen LogP) is 6.60. The number of aliphatic hydroxyl groups excluding tert-OH is 1. The lowest BCUT2D eigenvalue weighted by atomic mass is 9.85. The number of rotatable bonds is 7. The molecule has 1 saturated heterocycles. The standard InChI is InChI=1S/C33H36N2O5/c1-20(2)19-40-27-16-12-23(13-17-27)30(37)28-29(22-10-14-24(15-11-22)33(4,5)6)35(32(39)31(28)38)26-9-7-8-25(18-26)34-21(3)36/h7-18,20,29,37H,19H2,1-6H3,(H,34,36)/b30-28+. The summed E-state index contributed by atoms with van der Waals surface area (Å²) in [4.78, 5) is 40.1. The van der Waals surface area contributed by atoms with Crippen LogP contribution >= 0.6 is 0 Å². The molecule has 7 nitrogen and oxygen atoms in total. The van der Waals surface area contributed by atoms with E-state index in [4.69, 9.17) is 4.74 Å². The van der Waals surface area contributed by atoms with Crippen LogP contribution in [0.5, 0.6) is 5.75 Å². The molecule has 208 valence electrons. The van der Waals surface area contributed by atoms with Gasteiger partial charge in [0.25, 0.3) is 11.7 Å². The van der Waals surface area contributed by atoms with Gasteiger partial charge in [-0.3, -0.25) is 19.3 Å². The van der Waals surface area contributed by atoms with Crippen molar-refractivity contribution in [3.63, 3.8) is 0 Å². The molecule has 1 unspecified atom stereocenters. The first kappa shape index (κ1) is 28.6. The van der Waals surface area contributed by atoms with Crippen LogP contribution in [0.1, 0.15) is 64.3 Å². The maximum Gasteiger partial charge on any atom is 0.300 e. The molecule has 40 heavy (non-hydrogen) atoms. The van der Waals surface area contributed by atoms with E-state index in [1.165, 1.54) is 11.8 Å². The van der Waals surface area contributed by atoms with E-state index in [0.29, 0.717) is 40.8 Å². The molecule has 3 aromatic carbocycles. The molecule has 1 fully saturated rings. The Hall–Kier alpha value is -4.39. The lowest BCUT2D eigenvalue weighted by molar-refractivity contribution is -0.132. The first-order valence-electron chi connectivity index (χ1n) is 13.4. The second-order valence-corrected chi connectivity index (χ2v) is 11.5. The van der Waals surface area contributed by atoms with Gasteiger partial charge >= 0.3 is 0 Å². The maximum atomic E-state index is 13.5. The van der Waals surface area contributed by atoms with Gasteiger partial charge in [-0.25, -0.2) is 0 Å². The minimum absolute atomic E-state index is 0.00529. The molecule has 0 aliphatic carbocycles. The Balaban J connectivity index is 1.84. The van der Waals surface area contributed by atoms with Crippen LogP contribution in [0.3, 0.4) is 0 Å². The van der Waals surface area contributed by atoms with Crippen molar-refractivity contribution in [1.82, 2.24) is 0 Å². The summed E-state index contributed by atoms with van der Waals surface area (Å²) in [5, 5.41) is 14.2. The average molecular weight is 541 g/mol. The molecule has 7 heteroatoms. The van der Waals surface area contributed by atoms with Crippen LogP contribution in [0, 0.1) is 5.92 Å². The van der Waals surface area contributed by atoms with Crippen molar-refractivity contribution in [2.75, 3.05) is 16.8 Å². The van der Waals surface area contributed by atoms with Crippen molar-refractivity contribution in [2.45, 2.75) is 53.0 Å². The summed E-state index contributed by atoms with van der Waals surface area (Å²) in [6.07, 6.45) is 0. The minimum Gasteiger partial charge on any atom is -0.507 e. The van der Waals surface area contributed by atoms with Crippen molar-refractivity contribution >= 4 is 34.7 Å². The van der Waals surface area contributed by atoms with Crippen molar-refractivity contribution in [1.29, 1.82) is 0 Å². The fourth-order valence-corrected chi connectivity index (χ4v) is 4.64. The fraction of sp³-hybridized carbons (Fsp3) is 0.303. The number of carbonyl (C=O) groups excluding carboxylic acids is 3. The number of hydrogen-bond acceptors (Lipinski definition) is 5. The second-order valence-electron chi connectivity index (χ2n) is 11.5. The molecule has 3 aromatic rings. The van der Waals surface area contributed by atoms with Crippen molar-refractivity contribution in [2.24, 2.45) is 5.92 Å². The molecule has 1 aliphatic rings. The highest BCUT2D eigenvalue weighted by Gasteiger charge is 2.47. The minimum atomic E-state index is -0.876. The first-order chi connectivity index (χ1) is 18.9. The smallest absolute Gasteiger partial charge is 0.300 e. The number of nitrogens with one attached hydrogen (secondary N) is 1. The first-order valence-corrected chi connectivity index (χ1v) is 13.4.